The van der Waals surface area contributed by atoms with Crippen LogP contribution in [0.3, 0.4) is 0 Å². The summed E-state index contributed by atoms with van der Waals surface area (Å²) in [4.78, 5) is 36.1. The van der Waals surface area contributed by atoms with Crippen LogP contribution in [-0.4, -0.2) is 48.0 Å². The lowest BCUT2D eigenvalue weighted by molar-refractivity contribution is -0.137. The lowest BCUT2D eigenvalue weighted by atomic mass is 10.2. The van der Waals surface area contributed by atoms with Gasteiger partial charge in [-0.2, -0.15) is 0 Å². The number of carbonyl (C=O) groups is 3. The highest BCUT2D eigenvalue weighted by Gasteiger charge is 2.15. The van der Waals surface area contributed by atoms with Gasteiger partial charge in [0.25, 0.3) is 0 Å². The molecule has 2 N–H and O–H groups in total. The Hall–Kier alpha value is -2.57. The van der Waals surface area contributed by atoms with E-state index in [1.165, 1.54) is 4.90 Å². The third-order valence-corrected chi connectivity index (χ3v) is 3.45. The number of anilines is 1. The van der Waals surface area contributed by atoms with Crippen LogP contribution in [0.2, 0.25) is 0 Å². The summed E-state index contributed by atoms with van der Waals surface area (Å²) in [7, 11) is 1.54. The van der Waals surface area contributed by atoms with Crippen LogP contribution in [-0.2, 0) is 14.4 Å². The van der Waals surface area contributed by atoms with E-state index < -0.39 is 5.97 Å². The number of unbranched alkanes of at least 4 members (excludes halogenated alkanes) is 1. The van der Waals surface area contributed by atoms with Crippen molar-refractivity contribution in [3.63, 3.8) is 0 Å². The molecule has 0 saturated carbocycles. The van der Waals surface area contributed by atoms with Gasteiger partial charge in [0, 0.05) is 31.1 Å². The van der Waals surface area contributed by atoms with Crippen molar-refractivity contribution in [3.05, 3.63) is 24.3 Å². The summed E-state index contributed by atoms with van der Waals surface area (Å²) in [5.74, 6) is -0.671. The van der Waals surface area contributed by atoms with E-state index in [0.717, 1.165) is 0 Å². The topological polar surface area (TPSA) is 95.9 Å². The van der Waals surface area contributed by atoms with Crippen LogP contribution in [0, 0.1) is 0 Å². The Bertz CT molecular complexity index is 574. The van der Waals surface area contributed by atoms with Crippen LogP contribution in [0.5, 0.6) is 5.75 Å². The molecule has 1 aromatic rings. The molecule has 0 atom stereocenters. The minimum atomic E-state index is -0.868. The van der Waals surface area contributed by atoms with Gasteiger partial charge in [0.2, 0.25) is 11.8 Å². The third-order valence-electron chi connectivity index (χ3n) is 3.45. The summed E-state index contributed by atoms with van der Waals surface area (Å²) in [6, 6.07) is 6.97. The highest BCUT2D eigenvalue weighted by Crippen LogP contribution is 2.16. The van der Waals surface area contributed by atoms with E-state index in [4.69, 9.17) is 9.84 Å². The molecule has 1 aromatic carbocycles. The minimum Gasteiger partial charge on any atom is -0.497 e. The van der Waals surface area contributed by atoms with Gasteiger partial charge in [-0.15, -0.1) is 0 Å². The van der Waals surface area contributed by atoms with Crippen molar-refractivity contribution in [3.8, 4) is 5.75 Å². The fourth-order valence-corrected chi connectivity index (χ4v) is 2.16. The van der Waals surface area contributed by atoms with E-state index in [9.17, 15) is 14.4 Å². The van der Waals surface area contributed by atoms with E-state index in [1.807, 2.05) is 0 Å². The standard InChI is InChI=1S/C17H24N2O5/c1-3-19(16(21)9-4-5-10-17(22)23)12-15(20)18-13-7-6-8-14(11-13)24-2/h6-8,11H,3-5,9-10,12H2,1-2H3,(H,18,20)(H,22,23). The maximum Gasteiger partial charge on any atom is 0.303 e. The molecule has 0 unspecified atom stereocenters. The molecule has 0 aliphatic carbocycles. The van der Waals surface area contributed by atoms with Gasteiger partial charge in [-0.25, -0.2) is 0 Å². The molecule has 0 heterocycles. The first-order valence-corrected chi connectivity index (χ1v) is 7.89. The smallest absolute Gasteiger partial charge is 0.303 e. The maximum atomic E-state index is 12.1. The Labute approximate surface area is 141 Å². The predicted octanol–water partition coefficient (Wildman–Crippen LogP) is 2.13. The molecule has 24 heavy (non-hydrogen) atoms. The molecule has 7 heteroatoms. The van der Waals surface area contributed by atoms with Gasteiger partial charge in [0.1, 0.15) is 5.75 Å². The lowest BCUT2D eigenvalue weighted by Gasteiger charge is -2.20. The summed E-state index contributed by atoms with van der Waals surface area (Å²) in [5, 5.41) is 11.3. The number of aliphatic carboxylic acids is 1. The normalized spacial score (nSPS) is 10.1. The molecule has 2 amide bonds. The summed E-state index contributed by atoms with van der Waals surface area (Å²) < 4.78 is 5.09. The number of rotatable bonds is 10. The van der Waals surface area contributed by atoms with Crippen molar-refractivity contribution in [2.24, 2.45) is 0 Å². The highest BCUT2D eigenvalue weighted by molar-refractivity contribution is 5.94. The van der Waals surface area contributed by atoms with Gasteiger partial charge in [-0.1, -0.05) is 6.07 Å². The van der Waals surface area contributed by atoms with Crippen molar-refractivity contribution in [1.29, 1.82) is 0 Å². The fourth-order valence-electron chi connectivity index (χ4n) is 2.16. The number of hydrogen-bond acceptors (Lipinski definition) is 4. The SMILES string of the molecule is CCN(CC(=O)Nc1cccc(OC)c1)C(=O)CCCCC(=O)O. The maximum absolute atomic E-state index is 12.1. The molecule has 0 radical (unpaired) electrons. The summed E-state index contributed by atoms with van der Waals surface area (Å²) in [6.45, 7) is 2.18. The molecule has 0 fully saturated rings. The quantitative estimate of drug-likeness (QED) is 0.638. The molecular weight excluding hydrogens is 312 g/mol. The van der Waals surface area contributed by atoms with Gasteiger partial charge >= 0.3 is 5.97 Å². The number of nitrogens with one attached hydrogen (secondary N) is 1. The van der Waals surface area contributed by atoms with E-state index in [-0.39, 0.29) is 31.2 Å². The zero-order chi connectivity index (χ0) is 17.9. The van der Waals surface area contributed by atoms with Gasteiger partial charge in [-0.05, 0) is 31.9 Å². The first kappa shape index (κ1) is 19.5. The van der Waals surface area contributed by atoms with Crippen molar-refractivity contribution in [2.45, 2.75) is 32.6 Å². The lowest BCUT2D eigenvalue weighted by Crippen LogP contribution is -2.37. The highest BCUT2D eigenvalue weighted by atomic mass is 16.5. The Balaban J connectivity index is 2.46. The average Bonchev–Trinajstić information content (AvgIpc) is 2.56. The van der Waals surface area contributed by atoms with Crippen molar-refractivity contribution >= 4 is 23.5 Å². The van der Waals surface area contributed by atoms with Gasteiger partial charge < -0.3 is 20.1 Å². The Kier molecular flexibility index (Phi) is 8.32. The average molecular weight is 336 g/mol. The molecule has 0 aliphatic rings. The first-order valence-electron chi connectivity index (χ1n) is 7.89. The number of nitrogens with zero attached hydrogens (tertiary/aromatic N) is 1. The summed E-state index contributed by atoms with van der Waals surface area (Å²) in [5.41, 5.74) is 0.601. The fraction of sp³-hybridized carbons (Fsp3) is 0.471. The van der Waals surface area contributed by atoms with Crippen LogP contribution in [0.1, 0.15) is 32.6 Å². The molecule has 0 saturated heterocycles. The number of methoxy groups -OCH3 is 1. The minimum absolute atomic E-state index is 0.0362. The van der Waals surface area contributed by atoms with Crippen LogP contribution >= 0.6 is 0 Å². The second-order valence-corrected chi connectivity index (χ2v) is 5.29. The molecule has 1 rings (SSSR count). The van der Waals surface area contributed by atoms with Gasteiger partial charge in [0.05, 0.1) is 13.7 Å². The number of carboxylic acids is 1. The zero-order valence-corrected chi connectivity index (χ0v) is 14.1. The molecule has 0 aromatic heterocycles. The number of likely N-dealkylation sites (N-methyl/N-ethyl adjacent to an activating group) is 1. The number of carboxylic acid groups (broad SMARTS) is 1. The number of carbonyl (C=O) groups excluding carboxylic acids is 2. The molecule has 132 valence electrons. The molecular formula is C17H24N2O5. The van der Waals surface area contributed by atoms with Crippen molar-refractivity contribution < 1.29 is 24.2 Å². The molecule has 0 spiro atoms. The second-order valence-electron chi connectivity index (χ2n) is 5.29. The van der Waals surface area contributed by atoms with Crippen LogP contribution < -0.4 is 10.1 Å². The third kappa shape index (κ3) is 7.13. The van der Waals surface area contributed by atoms with Crippen LogP contribution in [0.4, 0.5) is 5.69 Å². The van der Waals surface area contributed by atoms with E-state index in [0.29, 0.717) is 30.8 Å². The summed E-state index contributed by atoms with van der Waals surface area (Å²) >= 11 is 0. The zero-order valence-electron chi connectivity index (χ0n) is 14.1. The second kappa shape index (κ2) is 10.3. The first-order chi connectivity index (χ1) is 11.5. The Morgan fingerprint density at radius 2 is 1.92 bits per heavy atom. The van der Waals surface area contributed by atoms with E-state index in [2.05, 4.69) is 5.32 Å². The van der Waals surface area contributed by atoms with E-state index in [1.54, 1.807) is 38.3 Å². The number of benzene rings is 1. The molecule has 0 bridgehead atoms. The largest absolute Gasteiger partial charge is 0.497 e. The monoisotopic (exact) mass is 336 g/mol. The number of amides is 2. The van der Waals surface area contributed by atoms with Crippen LogP contribution in [0.25, 0.3) is 0 Å². The van der Waals surface area contributed by atoms with Crippen molar-refractivity contribution in [2.75, 3.05) is 25.5 Å². The Morgan fingerprint density at radius 3 is 2.54 bits per heavy atom. The van der Waals surface area contributed by atoms with Gasteiger partial charge in [-0.3, -0.25) is 14.4 Å². The summed E-state index contributed by atoms with van der Waals surface area (Å²) in [6.07, 6.45) is 1.25. The van der Waals surface area contributed by atoms with Crippen LogP contribution in [0.15, 0.2) is 24.3 Å². The van der Waals surface area contributed by atoms with Crippen molar-refractivity contribution in [1.82, 2.24) is 4.90 Å². The number of ether oxygens (including phenoxy) is 1. The number of hydrogen-bond donors (Lipinski definition) is 2. The van der Waals surface area contributed by atoms with E-state index >= 15 is 0 Å². The predicted molar refractivity (Wildman–Crippen MR) is 90.0 cm³/mol. The molecule has 7 nitrogen and oxygen atoms in total. The van der Waals surface area contributed by atoms with Gasteiger partial charge in [0.15, 0.2) is 0 Å². The Morgan fingerprint density at radius 1 is 1.21 bits per heavy atom. The molecule has 0 aliphatic heterocycles.